The number of carbonyl (C=O) groups is 1. The summed E-state index contributed by atoms with van der Waals surface area (Å²) in [6.45, 7) is 5.26. The van der Waals surface area contributed by atoms with Gasteiger partial charge in [-0.2, -0.15) is 0 Å². The van der Waals surface area contributed by atoms with Crippen molar-refractivity contribution in [2.75, 3.05) is 13.7 Å². The molecule has 0 aliphatic rings. The lowest BCUT2D eigenvalue weighted by Gasteiger charge is -2.09. The summed E-state index contributed by atoms with van der Waals surface area (Å²) in [5, 5.41) is 0. The Kier molecular flexibility index (Phi) is 4.87. The average molecular weight is 236 g/mol. The Morgan fingerprint density at radius 2 is 1.82 bits per heavy atom. The first kappa shape index (κ1) is 12.9. The van der Waals surface area contributed by atoms with Crippen LogP contribution in [0.3, 0.4) is 0 Å². The van der Waals surface area contributed by atoms with E-state index in [1.54, 1.807) is 38.3 Å². The van der Waals surface area contributed by atoms with E-state index in [2.05, 4.69) is 17.4 Å². The van der Waals surface area contributed by atoms with Gasteiger partial charge in [0.25, 0.3) is 5.91 Å². The van der Waals surface area contributed by atoms with Crippen molar-refractivity contribution in [3.05, 3.63) is 36.5 Å². The lowest BCUT2D eigenvalue weighted by molar-refractivity contribution is -0.123. The van der Waals surface area contributed by atoms with E-state index >= 15 is 0 Å². The summed E-state index contributed by atoms with van der Waals surface area (Å²) in [6.07, 6.45) is 0. The highest BCUT2D eigenvalue weighted by molar-refractivity contribution is 5.77. The molecule has 0 aliphatic heterocycles. The number of rotatable bonds is 6. The van der Waals surface area contributed by atoms with E-state index in [9.17, 15) is 4.79 Å². The van der Waals surface area contributed by atoms with Crippen molar-refractivity contribution < 1.29 is 14.3 Å². The van der Waals surface area contributed by atoms with Gasteiger partial charge in [-0.1, -0.05) is 6.58 Å². The van der Waals surface area contributed by atoms with E-state index in [0.29, 0.717) is 11.4 Å². The number of methoxy groups -OCH3 is 1. The minimum Gasteiger partial charge on any atom is -0.497 e. The molecule has 5 heteroatoms. The van der Waals surface area contributed by atoms with Gasteiger partial charge in [0, 0.05) is 5.70 Å². The van der Waals surface area contributed by atoms with Crippen LogP contribution in [-0.4, -0.2) is 19.6 Å². The Hall–Kier alpha value is -2.17. The van der Waals surface area contributed by atoms with E-state index in [0.717, 1.165) is 5.75 Å². The van der Waals surface area contributed by atoms with E-state index in [1.807, 2.05) is 0 Å². The van der Waals surface area contributed by atoms with Crippen LogP contribution in [0.1, 0.15) is 6.92 Å². The molecule has 0 bridgehead atoms. The van der Waals surface area contributed by atoms with Crippen LogP contribution in [0, 0.1) is 0 Å². The first-order valence-electron chi connectivity index (χ1n) is 5.09. The van der Waals surface area contributed by atoms with Crippen molar-refractivity contribution in [3.8, 4) is 11.5 Å². The molecule has 17 heavy (non-hydrogen) atoms. The molecular weight excluding hydrogens is 220 g/mol. The molecule has 0 saturated carbocycles. The number of carbonyl (C=O) groups excluding carboxylic acids is 1. The fourth-order valence-electron chi connectivity index (χ4n) is 1.03. The number of ether oxygens (including phenoxy) is 2. The third kappa shape index (κ3) is 4.92. The van der Waals surface area contributed by atoms with Gasteiger partial charge in [-0.25, -0.2) is 0 Å². The largest absolute Gasteiger partial charge is 0.497 e. The van der Waals surface area contributed by atoms with E-state index in [1.165, 1.54) is 0 Å². The Morgan fingerprint density at radius 3 is 2.35 bits per heavy atom. The third-order valence-corrected chi connectivity index (χ3v) is 1.84. The minimum atomic E-state index is -0.274. The SMILES string of the molecule is C=C(C)NNC(=O)COc1ccc(OC)cc1. The molecule has 1 rings (SSSR count). The van der Waals surface area contributed by atoms with Gasteiger partial charge < -0.3 is 14.9 Å². The summed E-state index contributed by atoms with van der Waals surface area (Å²) in [5.41, 5.74) is 5.70. The van der Waals surface area contributed by atoms with Crippen LogP contribution in [0.5, 0.6) is 11.5 Å². The molecule has 0 radical (unpaired) electrons. The monoisotopic (exact) mass is 236 g/mol. The zero-order chi connectivity index (χ0) is 12.7. The fourth-order valence-corrected chi connectivity index (χ4v) is 1.03. The highest BCUT2D eigenvalue weighted by Gasteiger charge is 2.01. The molecule has 0 fully saturated rings. The second-order valence-corrected chi connectivity index (χ2v) is 3.42. The molecule has 0 aliphatic carbocycles. The number of hydrogen-bond acceptors (Lipinski definition) is 4. The molecule has 1 amide bonds. The van der Waals surface area contributed by atoms with Gasteiger partial charge in [-0.3, -0.25) is 10.2 Å². The predicted octanol–water partition coefficient (Wildman–Crippen LogP) is 1.23. The number of hydrogen-bond donors (Lipinski definition) is 2. The lowest BCUT2D eigenvalue weighted by atomic mass is 10.3. The molecule has 0 unspecified atom stereocenters. The van der Waals surface area contributed by atoms with Crippen molar-refractivity contribution >= 4 is 5.91 Å². The van der Waals surface area contributed by atoms with Gasteiger partial charge in [0.2, 0.25) is 0 Å². The highest BCUT2D eigenvalue weighted by atomic mass is 16.5. The van der Waals surface area contributed by atoms with E-state index < -0.39 is 0 Å². The molecule has 92 valence electrons. The Morgan fingerprint density at radius 1 is 1.24 bits per heavy atom. The van der Waals surface area contributed by atoms with Gasteiger partial charge in [0.05, 0.1) is 7.11 Å². The molecule has 1 aromatic rings. The van der Waals surface area contributed by atoms with E-state index in [-0.39, 0.29) is 12.5 Å². The first-order chi connectivity index (χ1) is 8.11. The second-order valence-electron chi connectivity index (χ2n) is 3.42. The number of amides is 1. The summed E-state index contributed by atoms with van der Waals surface area (Å²) < 4.78 is 10.3. The lowest BCUT2D eigenvalue weighted by Crippen LogP contribution is -2.38. The summed E-state index contributed by atoms with van der Waals surface area (Å²) in [7, 11) is 1.59. The quantitative estimate of drug-likeness (QED) is 0.729. The van der Waals surface area contributed by atoms with Crippen molar-refractivity contribution in [2.24, 2.45) is 0 Å². The normalized spacial score (nSPS) is 9.29. The number of benzene rings is 1. The first-order valence-corrected chi connectivity index (χ1v) is 5.09. The maximum atomic E-state index is 11.3. The molecule has 0 atom stereocenters. The van der Waals surface area contributed by atoms with E-state index in [4.69, 9.17) is 9.47 Å². The van der Waals surface area contributed by atoms with Crippen LogP contribution in [0.15, 0.2) is 36.5 Å². The molecule has 1 aromatic carbocycles. The van der Waals surface area contributed by atoms with Crippen molar-refractivity contribution in [1.82, 2.24) is 10.9 Å². The van der Waals surface area contributed by atoms with Crippen molar-refractivity contribution in [1.29, 1.82) is 0 Å². The van der Waals surface area contributed by atoms with Gasteiger partial charge in [0.1, 0.15) is 11.5 Å². The summed E-state index contributed by atoms with van der Waals surface area (Å²) >= 11 is 0. The van der Waals surface area contributed by atoms with Crippen molar-refractivity contribution in [3.63, 3.8) is 0 Å². The van der Waals surface area contributed by atoms with Gasteiger partial charge in [-0.05, 0) is 31.2 Å². The highest BCUT2D eigenvalue weighted by Crippen LogP contribution is 2.16. The molecule has 0 spiro atoms. The Balaban J connectivity index is 2.34. The maximum Gasteiger partial charge on any atom is 0.276 e. The molecule has 2 N–H and O–H groups in total. The van der Waals surface area contributed by atoms with Gasteiger partial charge in [0.15, 0.2) is 6.61 Å². The fraction of sp³-hybridized carbons (Fsp3) is 0.250. The topological polar surface area (TPSA) is 59.6 Å². The third-order valence-electron chi connectivity index (χ3n) is 1.84. The summed E-state index contributed by atoms with van der Waals surface area (Å²) in [6, 6.07) is 7.00. The van der Waals surface area contributed by atoms with Gasteiger partial charge >= 0.3 is 0 Å². The molecular formula is C12H16N2O3. The minimum absolute atomic E-state index is 0.0629. The van der Waals surface area contributed by atoms with Crippen LogP contribution >= 0.6 is 0 Å². The zero-order valence-corrected chi connectivity index (χ0v) is 9.95. The van der Waals surface area contributed by atoms with Crippen LogP contribution in [0.2, 0.25) is 0 Å². The van der Waals surface area contributed by atoms with Crippen LogP contribution in [0.25, 0.3) is 0 Å². The molecule has 0 heterocycles. The van der Waals surface area contributed by atoms with Crippen LogP contribution in [0.4, 0.5) is 0 Å². The van der Waals surface area contributed by atoms with Crippen LogP contribution < -0.4 is 20.3 Å². The molecule has 5 nitrogen and oxygen atoms in total. The standard InChI is InChI=1S/C12H16N2O3/c1-9(2)13-14-12(15)8-17-11-6-4-10(16-3)5-7-11/h4-7,13H,1,8H2,2-3H3,(H,14,15). The zero-order valence-electron chi connectivity index (χ0n) is 9.95. The smallest absolute Gasteiger partial charge is 0.276 e. The van der Waals surface area contributed by atoms with Crippen molar-refractivity contribution in [2.45, 2.75) is 6.92 Å². The number of hydrazine groups is 1. The summed E-state index contributed by atoms with van der Waals surface area (Å²) in [4.78, 5) is 11.3. The predicted molar refractivity (Wildman–Crippen MR) is 64.6 cm³/mol. The Labute approximate surface area is 100 Å². The Bertz CT molecular complexity index is 387. The average Bonchev–Trinajstić information content (AvgIpc) is 2.34. The number of nitrogens with one attached hydrogen (secondary N) is 2. The van der Waals surface area contributed by atoms with Gasteiger partial charge in [-0.15, -0.1) is 0 Å². The molecule has 0 aromatic heterocycles. The maximum absolute atomic E-state index is 11.3. The summed E-state index contributed by atoms with van der Waals surface area (Å²) in [5.74, 6) is 1.07. The van der Waals surface area contributed by atoms with Crippen LogP contribution in [-0.2, 0) is 4.79 Å². The number of allylic oxidation sites excluding steroid dienone is 1. The molecule has 0 saturated heterocycles. The second kappa shape index (κ2) is 6.42.